The summed E-state index contributed by atoms with van der Waals surface area (Å²) >= 11 is 0. The van der Waals surface area contributed by atoms with E-state index in [9.17, 15) is 15.0 Å². The highest BCUT2D eigenvalue weighted by Crippen LogP contribution is 2.22. The lowest BCUT2D eigenvalue weighted by Crippen LogP contribution is -2.20. The van der Waals surface area contributed by atoms with E-state index < -0.39 is 17.6 Å². The largest absolute Gasteiger partial charge is 0.500 e. The fraction of sp³-hybridized carbons (Fsp3) is 0.167. The second kappa shape index (κ2) is 4.28. The van der Waals surface area contributed by atoms with Crippen molar-refractivity contribution in [3.8, 4) is 0 Å². The monoisotopic (exact) mass is 217 g/mol. The van der Waals surface area contributed by atoms with Crippen molar-refractivity contribution in [1.29, 1.82) is 0 Å². The molecule has 1 heterocycles. The number of allylic oxidation sites excluding steroid dienone is 1. The molecule has 0 amide bonds. The molecule has 1 aliphatic rings. The van der Waals surface area contributed by atoms with Crippen molar-refractivity contribution in [1.82, 2.24) is 4.99 Å². The summed E-state index contributed by atoms with van der Waals surface area (Å²) in [5.74, 6) is -0.862. The van der Waals surface area contributed by atoms with Gasteiger partial charge in [-0.2, -0.15) is 0 Å². The van der Waals surface area contributed by atoms with E-state index in [2.05, 4.69) is 4.99 Å². The number of carbonyl (C=O) groups is 1. The third-order valence-electron chi connectivity index (χ3n) is 2.39. The average molecular weight is 217 g/mol. The molecule has 1 aliphatic heterocycles. The molecular formula is C12H11NO3+. The molecule has 0 aromatic heterocycles. The Bertz CT molecular complexity index is 462. The maximum atomic E-state index is 11.2. The summed E-state index contributed by atoms with van der Waals surface area (Å²) in [7, 11) is 0. The van der Waals surface area contributed by atoms with E-state index in [1.165, 1.54) is 6.21 Å². The minimum Gasteiger partial charge on any atom is -0.500 e. The molecule has 0 fully saturated rings. The highest BCUT2D eigenvalue weighted by molar-refractivity contribution is 6.03. The topological polar surface area (TPSA) is 71.6 Å². The van der Waals surface area contributed by atoms with Gasteiger partial charge in [0.1, 0.15) is 0 Å². The van der Waals surface area contributed by atoms with Gasteiger partial charge in [0, 0.05) is 0 Å². The molecule has 2 N–H and O–H groups in total. The maximum absolute atomic E-state index is 11.2. The lowest BCUT2D eigenvalue weighted by molar-refractivity contribution is -0.117. The smallest absolute Gasteiger partial charge is 0.331 e. The molecule has 1 aromatic rings. The van der Waals surface area contributed by atoms with Crippen molar-refractivity contribution in [2.24, 2.45) is 0 Å². The van der Waals surface area contributed by atoms with E-state index in [0.29, 0.717) is 5.56 Å². The van der Waals surface area contributed by atoms with Crippen LogP contribution in [0.15, 0.2) is 41.8 Å². The van der Waals surface area contributed by atoms with Crippen LogP contribution in [0.3, 0.4) is 0 Å². The Morgan fingerprint density at radius 3 is 2.62 bits per heavy atom. The van der Waals surface area contributed by atoms with Gasteiger partial charge >= 0.3 is 5.70 Å². The summed E-state index contributed by atoms with van der Waals surface area (Å²) in [6.07, 6.45) is 0.405. The van der Waals surface area contributed by atoms with E-state index >= 15 is 0 Å². The predicted molar refractivity (Wildman–Crippen MR) is 58.9 cm³/mol. The zero-order valence-electron chi connectivity index (χ0n) is 8.50. The number of ketones is 1. The van der Waals surface area contributed by atoms with Crippen LogP contribution in [-0.2, 0) is 4.79 Å². The first kappa shape index (κ1) is 10.6. The molecule has 4 heteroatoms. The molecule has 1 atom stereocenters. The van der Waals surface area contributed by atoms with E-state index in [-0.39, 0.29) is 12.1 Å². The summed E-state index contributed by atoms with van der Waals surface area (Å²) in [5, 5.41) is 19.5. The first-order valence-corrected chi connectivity index (χ1v) is 4.92. The van der Waals surface area contributed by atoms with Crippen LogP contribution in [0.25, 0.3) is 0 Å². The number of aliphatic hydroxyl groups is 2. The van der Waals surface area contributed by atoms with E-state index in [4.69, 9.17) is 0 Å². The molecule has 81 valence electrons. The highest BCUT2D eigenvalue weighted by Gasteiger charge is 2.33. The van der Waals surface area contributed by atoms with Gasteiger partial charge < -0.3 is 10.2 Å². The molecule has 0 aliphatic carbocycles. The van der Waals surface area contributed by atoms with Gasteiger partial charge in [0.15, 0.2) is 6.10 Å². The molecular weight excluding hydrogens is 206 g/mol. The Morgan fingerprint density at radius 1 is 1.25 bits per heavy atom. The fourth-order valence-corrected chi connectivity index (χ4v) is 1.52. The van der Waals surface area contributed by atoms with Gasteiger partial charge in [-0.15, -0.1) is 0 Å². The standard InChI is InChI=1S/C12H11NO3/c14-9-6-7-13-10(12(9)16)11(15)8-4-2-1-3-5-8/h1-5,7,11,15-16H,6H2/q+1. The SMILES string of the molecule is O=C1CC=[N+]C(C(O)c2ccccc2)=C1O. The van der Waals surface area contributed by atoms with Gasteiger partial charge in [0.05, 0.1) is 11.4 Å². The van der Waals surface area contributed by atoms with Crippen LogP contribution in [0.2, 0.25) is 0 Å². The van der Waals surface area contributed by atoms with Gasteiger partial charge in [-0.25, -0.2) is 0 Å². The van der Waals surface area contributed by atoms with Crippen LogP contribution in [0.5, 0.6) is 0 Å². The fourth-order valence-electron chi connectivity index (χ4n) is 1.52. The Hall–Kier alpha value is -1.94. The Morgan fingerprint density at radius 2 is 1.94 bits per heavy atom. The number of hydrogen-bond acceptors (Lipinski definition) is 4. The Kier molecular flexibility index (Phi) is 2.83. The molecule has 0 spiro atoms. The predicted octanol–water partition coefficient (Wildman–Crippen LogP) is 0.869. The number of hydrogen-bond donors (Lipinski definition) is 2. The lowest BCUT2D eigenvalue weighted by atomic mass is 10.0. The summed E-state index contributed by atoms with van der Waals surface area (Å²) in [6.45, 7) is 0. The van der Waals surface area contributed by atoms with Gasteiger partial charge in [0.25, 0.3) is 0 Å². The van der Waals surface area contributed by atoms with Crippen LogP contribution in [0.4, 0.5) is 0 Å². The third kappa shape index (κ3) is 1.87. The maximum Gasteiger partial charge on any atom is 0.331 e. The van der Waals surface area contributed by atoms with Crippen molar-refractivity contribution < 1.29 is 15.0 Å². The number of nitrogens with zero attached hydrogens (tertiary/aromatic N) is 1. The van der Waals surface area contributed by atoms with Crippen LogP contribution in [0, 0.1) is 0 Å². The normalized spacial score (nSPS) is 17.7. The van der Waals surface area contributed by atoms with Gasteiger partial charge in [0.2, 0.25) is 17.8 Å². The lowest BCUT2D eigenvalue weighted by Gasteiger charge is -2.07. The van der Waals surface area contributed by atoms with E-state index in [1.807, 2.05) is 6.07 Å². The van der Waals surface area contributed by atoms with Gasteiger partial charge in [-0.05, 0) is 5.56 Å². The summed E-state index contributed by atoms with van der Waals surface area (Å²) in [5.41, 5.74) is 0.610. The average Bonchev–Trinajstić information content (AvgIpc) is 2.33. The zero-order valence-corrected chi connectivity index (χ0v) is 8.50. The van der Waals surface area contributed by atoms with Gasteiger partial charge in [-0.1, -0.05) is 30.3 Å². The summed E-state index contributed by atoms with van der Waals surface area (Å²) < 4.78 is 0. The van der Waals surface area contributed by atoms with E-state index in [1.54, 1.807) is 24.3 Å². The number of aliphatic imine (C=N–C) groups is 1. The van der Waals surface area contributed by atoms with Crippen molar-refractivity contribution >= 4 is 12.0 Å². The number of Topliss-reactive ketones (excluding diaryl/α,β-unsaturated/α-hetero) is 1. The van der Waals surface area contributed by atoms with Crippen LogP contribution < -0.4 is 4.99 Å². The molecule has 2 rings (SSSR count). The van der Waals surface area contributed by atoms with Gasteiger partial charge in [-0.3, -0.25) is 4.79 Å². The minimum atomic E-state index is -1.07. The van der Waals surface area contributed by atoms with Crippen LogP contribution in [0.1, 0.15) is 18.1 Å². The Labute approximate surface area is 92.6 Å². The number of carbonyl (C=O) groups excluding carboxylic acids is 1. The second-order valence-corrected chi connectivity index (χ2v) is 3.49. The number of benzene rings is 1. The Balaban J connectivity index is 2.36. The second-order valence-electron chi connectivity index (χ2n) is 3.49. The zero-order chi connectivity index (χ0) is 11.5. The molecule has 0 bridgehead atoms. The molecule has 4 nitrogen and oxygen atoms in total. The van der Waals surface area contributed by atoms with E-state index in [0.717, 1.165) is 0 Å². The molecule has 0 saturated carbocycles. The first-order chi connectivity index (χ1) is 7.70. The van der Waals surface area contributed by atoms with Crippen LogP contribution in [-0.4, -0.2) is 22.2 Å². The molecule has 1 unspecified atom stereocenters. The molecule has 1 aromatic carbocycles. The summed E-state index contributed by atoms with van der Waals surface area (Å²) in [4.78, 5) is 15.1. The first-order valence-electron chi connectivity index (χ1n) is 4.92. The summed E-state index contributed by atoms with van der Waals surface area (Å²) in [6, 6.07) is 8.77. The number of aliphatic hydroxyl groups excluding tert-OH is 2. The quantitative estimate of drug-likeness (QED) is 0.772. The minimum absolute atomic E-state index is 0.0162. The van der Waals surface area contributed by atoms with Crippen LogP contribution >= 0.6 is 0 Å². The van der Waals surface area contributed by atoms with Crippen molar-refractivity contribution in [3.05, 3.63) is 47.4 Å². The third-order valence-corrected chi connectivity index (χ3v) is 2.39. The highest BCUT2D eigenvalue weighted by atomic mass is 16.3. The molecule has 0 saturated heterocycles. The van der Waals surface area contributed by atoms with Crippen molar-refractivity contribution in [2.75, 3.05) is 0 Å². The van der Waals surface area contributed by atoms with Crippen molar-refractivity contribution in [2.45, 2.75) is 12.5 Å². The molecule has 1 radical (unpaired) electrons. The molecule has 16 heavy (non-hydrogen) atoms. The number of rotatable bonds is 2. The van der Waals surface area contributed by atoms with Crippen molar-refractivity contribution in [3.63, 3.8) is 0 Å².